The molecule has 1 fully saturated rings. The Morgan fingerprint density at radius 1 is 1.35 bits per heavy atom. The Labute approximate surface area is 117 Å². The van der Waals surface area contributed by atoms with Gasteiger partial charge < -0.3 is 16.2 Å². The van der Waals surface area contributed by atoms with Crippen LogP contribution in [0.15, 0.2) is 18.3 Å². The zero-order chi connectivity index (χ0) is 14.5. The van der Waals surface area contributed by atoms with Crippen molar-refractivity contribution >= 4 is 11.8 Å². The minimum absolute atomic E-state index is 0.109. The van der Waals surface area contributed by atoms with Gasteiger partial charge in [0, 0.05) is 18.7 Å². The zero-order valence-electron chi connectivity index (χ0n) is 11.2. The van der Waals surface area contributed by atoms with Gasteiger partial charge in [-0.1, -0.05) is 12.8 Å². The van der Waals surface area contributed by atoms with Gasteiger partial charge in [0.05, 0.1) is 11.7 Å². The Kier molecular flexibility index (Phi) is 4.68. The van der Waals surface area contributed by atoms with E-state index in [9.17, 15) is 14.7 Å². The number of hydrogen-bond acceptors (Lipinski definition) is 4. The van der Waals surface area contributed by atoms with E-state index >= 15 is 0 Å². The van der Waals surface area contributed by atoms with E-state index in [0.29, 0.717) is 6.54 Å². The van der Waals surface area contributed by atoms with Gasteiger partial charge in [0.1, 0.15) is 5.69 Å². The van der Waals surface area contributed by atoms with E-state index in [1.165, 1.54) is 18.3 Å². The normalized spacial score (nSPS) is 22.2. The Balaban J connectivity index is 1.89. The SMILES string of the molecule is NC(=O)c1ccc(C(=O)NCC2CCCCC2O)nc1. The second kappa shape index (κ2) is 6.47. The van der Waals surface area contributed by atoms with Gasteiger partial charge in [0.2, 0.25) is 5.91 Å². The minimum atomic E-state index is -0.574. The molecular formula is C14H19N3O3. The fourth-order valence-electron chi connectivity index (χ4n) is 2.41. The number of aliphatic hydroxyl groups is 1. The van der Waals surface area contributed by atoms with Gasteiger partial charge in [-0.15, -0.1) is 0 Å². The molecule has 1 saturated carbocycles. The molecule has 1 heterocycles. The highest BCUT2D eigenvalue weighted by atomic mass is 16.3. The highest BCUT2D eigenvalue weighted by Gasteiger charge is 2.23. The molecule has 4 N–H and O–H groups in total. The number of aromatic nitrogens is 1. The lowest BCUT2D eigenvalue weighted by Gasteiger charge is -2.27. The van der Waals surface area contributed by atoms with Crippen LogP contribution in [0.1, 0.15) is 46.5 Å². The first kappa shape index (κ1) is 14.5. The summed E-state index contributed by atoms with van der Waals surface area (Å²) in [6.45, 7) is 0.444. The van der Waals surface area contributed by atoms with E-state index in [1.54, 1.807) is 0 Å². The van der Waals surface area contributed by atoms with Crippen LogP contribution in [0.2, 0.25) is 0 Å². The molecule has 0 radical (unpaired) electrons. The average molecular weight is 277 g/mol. The summed E-state index contributed by atoms with van der Waals surface area (Å²) in [5, 5.41) is 12.6. The molecule has 6 heteroatoms. The molecule has 1 aliphatic rings. The smallest absolute Gasteiger partial charge is 0.269 e. The highest BCUT2D eigenvalue weighted by Crippen LogP contribution is 2.23. The van der Waals surface area contributed by atoms with Crippen LogP contribution in [0.4, 0.5) is 0 Å². The molecule has 20 heavy (non-hydrogen) atoms. The summed E-state index contributed by atoms with van der Waals surface area (Å²) in [5.41, 5.74) is 5.61. The molecule has 1 aromatic rings. The topological polar surface area (TPSA) is 105 Å². The fraction of sp³-hybridized carbons (Fsp3) is 0.500. The predicted molar refractivity (Wildman–Crippen MR) is 73.1 cm³/mol. The number of nitrogens with one attached hydrogen (secondary N) is 1. The van der Waals surface area contributed by atoms with E-state index in [0.717, 1.165) is 25.7 Å². The number of aliphatic hydroxyl groups excluding tert-OH is 1. The van der Waals surface area contributed by atoms with Crippen LogP contribution >= 0.6 is 0 Å². The molecule has 2 unspecified atom stereocenters. The van der Waals surface area contributed by atoms with E-state index < -0.39 is 5.91 Å². The van der Waals surface area contributed by atoms with Gasteiger partial charge in [0.25, 0.3) is 5.91 Å². The lowest BCUT2D eigenvalue weighted by Crippen LogP contribution is -2.37. The first-order chi connectivity index (χ1) is 9.58. The summed E-state index contributed by atoms with van der Waals surface area (Å²) in [7, 11) is 0. The van der Waals surface area contributed by atoms with E-state index in [-0.39, 0.29) is 29.2 Å². The molecule has 1 aliphatic carbocycles. The second-order valence-electron chi connectivity index (χ2n) is 5.12. The summed E-state index contributed by atoms with van der Waals surface area (Å²) in [5.74, 6) is -0.772. The van der Waals surface area contributed by atoms with Crippen molar-refractivity contribution in [3.05, 3.63) is 29.6 Å². The number of nitrogens with two attached hydrogens (primary N) is 1. The van der Waals surface area contributed by atoms with Crippen molar-refractivity contribution in [3.63, 3.8) is 0 Å². The molecule has 0 aromatic carbocycles. The molecule has 6 nitrogen and oxygen atoms in total. The van der Waals surface area contributed by atoms with Crippen LogP contribution in [-0.2, 0) is 0 Å². The Bertz CT molecular complexity index is 487. The van der Waals surface area contributed by atoms with Crippen molar-refractivity contribution in [1.29, 1.82) is 0 Å². The molecule has 108 valence electrons. The maximum Gasteiger partial charge on any atom is 0.269 e. The minimum Gasteiger partial charge on any atom is -0.393 e. The molecule has 0 spiro atoms. The maximum atomic E-state index is 11.9. The molecule has 0 bridgehead atoms. The first-order valence-corrected chi connectivity index (χ1v) is 6.80. The molecular weight excluding hydrogens is 258 g/mol. The molecule has 0 saturated heterocycles. The largest absolute Gasteiger partial charge is 0.393 e. The first-order valence-electron chi connectivity index (χ1n) is 6.80. The fourth-order valence-corrected chi connectivity index (χ4v) is 2.41. The third kappa shape index (κ3) is 3.54. The van der Waals surface area contributed by atoms with Crippen LogP contribution in [0, 0.1) is 5.92 Å². The predicted octanol–water partition coefficient (Wildman–Crippen LogP) is 0.461. The summed E-state index contributed by atoms with van der Waals surface area (Å²) in [6, 6.07) is 2.94. The van der Waals surface area contributed by atoms with Gasteiger partial charge in [-0.2, -0.15) is 0 Å². The summed E-state index contributed by atoms with van der Waals surface area (Å²) < 4.78 is 0. The van der Waals surface area contributed by atoms with E-state index in [4.69, 9.17) is 5.73 Å². The summed E-state index contributed by atoms with van der Waals surface area (Å²) in [6.07, 6.45) is 4.80. The van der Waals surface area contributed by atoms with Crippen LogP contribution in [-0.4, -0.2) is 34.6 Å². The molecule has 1 aromatic heterocycles. The number of carbonyl (C=O) groups is 2. The number of carbonyl (C=O) groups excluding carboxylic acids is 2. The van der Waals surface area contributed by atoms with Crippen molar-refractivity contribution in [2.24, 2.45) is 11.7 Å². The number of hydrogen-bond donors (Lipinski definition) is 3. The molecule has 2 atom stereocenters. The van der Waals surface area contributed by atoms with Crippen molar-refractivity contribution in [3.8, 4) is 0 Å². The standard InChI is InChI=1S/C14H19N3O3/c15-13(19)10-5-6-11(16-8-10)14(20)17-7-9-3-1-2-4-12(9)18/h5-6,8-9,12,18H,1-4,7H2,(H2,15,19)(H,17,20). The number of nitrogens with zero attached hydrogens (tertiary/aromatic N) is 1. The lowest BCUT2D eigenvalue weighted by molar-refractivity contribution is 0.0661. The van der Waals surface area contributed by atoms with Crippen LogP contribution in [0.25, 0.3) is 0 Å². The number of amides is 2. The van der Waals surface area contributed by atoms with Crippen LogP contribution < -0.4 is 11.1 Å². The number of rotatable bonds is 4. The van der Waals surface area contributed by atoms with Crippen molar-refractivity contribution in [2.75, 3.05) is 6.54 Å². The van der Waals surface area contributed by atoms with Gasteiger partial charge >= 0.3 is 0 Å². The summed E-state index contributed by atoms with van der Waals surface area (Å²) in [4.78, 5) is 26.7. The van der Waals surface area contributed by atoms with E-state index in [2.05, 4.69) is 10.3 Å². The van der Waals surface area contributed by atoms with Gasteiger partial charge in [-0.25, -0.2) is 0 Å². The molecule has 2 rings (SSSR count). The summed E-state index contributed by atoms with van der Waals surface area (Å²) >= 11 is 0. The van der Waals surface area contributed by atoms with Crippen molar-refractivity contribution in [2.45, 2.75) is 31.8 Å². The van der Waals surface area contributed by atoms with Crippen molar-refractivity contribution in [1.82, 2.24) is 10.3 Å². The lowest BCUT2D eigenvalue weighted by atomic mass is 9.86. The van der Waals surface area contributed by atoms with E-state index in [1.807, 2.05) is 0 Å². The zero-order valence-corrected chi connectivity index (χ0v) is 11.2. The van der Waals surface area contributed by atoms with Gasteiger partial charge in [-0.05, 0) is 25.0 Å². The Morgan fingerprint density at radius 2 is 2.10 bits per heavy atom. The van der Waals surface area contributed by atoms with Crippen LogP contribution in [0.3, 0.4) is 0 Å². The maximum absolute atomic E-state index is 11.9. The van der Waals surface area contributed by atoms with Gasteiger partial charge in [0.15, 0.2) is 0 Å². The highest BCUT2D eigenvalue weighted by molar-refractivity contribution is 5.95. The monoisotopic (exact) mass is 277 g/mol. The number of pyridine rings is 1. The molecule has 2 amide bonds. The Morgan fingerprint density at radius 3 is 2.70 bits per heavy atom. The third-order valence-electron chi connectivity index (χ3n) is 3.67. The molecule has 0 aliphatic heterocycles. The number of primary amides is 1. The Hall–Kier alpha value is -1.95. The van der Waals surface area contributed by atoms with Gasteiger partial charge in [-0.3, -0.25) is 14.6 Å². The second-order valence-corrected chi connectivity index (χ2v) is 5.12. The van der Waals surface area contributed by atoms with Crippen molar-refractivity contribution < 1.29 is 14.7 Å². The quantitative estimate of drug-likeness (QED) is 0.743. The third-order valence-corrected chi connectivity index (χ3v) is 3.67. The van der Waals surface area contributed by atoms with Crippen LogP contribution in [0.5, 0.6) is 0 Å². The average Bonchev–Trinajstić information content (AvgIpc) is 2.46.